The smallest absolute Gasteiger partial charge is 0.248 e. The number of anilines is 3. The number of aromatic amines is 1. The van der Waals surface area contributed by atoms with E-state index in [1.54, 1.807) is 36.7 Å². The Morgan fingerprint density at radius 3 is 2.94 bits per heavy atom. The molecule has 0 spiro atoms. The van der Waals surface area contributed by atoms with Crippen molar-refractivity contribution in [2.45, 2.75) is 12.5 Å². The molecule has 3 heterocycles. The first-order chi connectivity index (χ1) is 17.0. The molecule has 1 atom stereocenters. The molecule has 11 heteroatoms. The molecule has 2 aromatic carbocycles. The van der Waals surface area contributed by atoms with E-state index in [0.717, 1.165) is 6.42 Å². The third-order valence-corrected chi connectivity index (χ3v) is 5.56. The zero-order valence-electron chi connectivity index (χ0n) is 18.3. The lowest BCUT2D eigenvalue weighted by Gasteiger charge is -2.17. The van der Waals surface area contributed by atoms with E-state index in [0.29, 0.717) is 52.9 Å². The number of fused-ring (bicyclic) bond motifs is 1. The molecule has 4 aromatic rings. The molecule has 5 rings (SSSR count). The maximum Gasteiger partial charge on any atom is 0.248 e. The fraction of sp³-hybridized carbons (Fsp3) is 0.167. The summed E-state index contributed by atoms with van der Waals surface area (Å²) in [5.41, 5.74) is 1.58. The highest BCUT2D eigenvalue weighted by Crippen LogP contribution is 2.35. The minimum atomic E-state index is -0.518. The molecule has 9 nitrogen and oxygen atoms in total. The second-order valence-electron chi connectivity index (χ2n) is 7.74. The maximum atomic E-state index is 13.6. The first kappa shape index (κ1) is 22.8. The van der Waals surface area contributed by atoms with Crippen LogP contribution in [0.4, 0.5) is 21.6 Å². The number of imidazole rings is 1. The van der Waals surface area contributed by atoms with E-state index in [-0.39, 0.29) is 17.0 Å². The highest BCUT2D eigenvalue weighted by atomic mass is 35.5. The van der Waals surface area contributed by atoms with E-state index in [9.17, 15) is 9.18 Å². The summed E-state index contributed by atoms with van der Waals surface area (Å²) < 4.78 is 25.1. The average molecular weight is 495 g/mol. The van der Waals surface area contributed by atoms with Crippen molar-refractivity contribution in [3.05, 3.63) is 71.8 Å². The van der Waals surface area contributed by atoms with Crippen molar-refractivity contribution in [2.24, 2.45) is 0 Å². The van der Waals surface area contributed by atoms with Crippen molar-refractivity contribution >= 4 is 51.7 Å². The van der Waals surface area contributed by atoms with Gasteiger partial charge in [-0.25, -0.2) is 19.3 Å². The van der Waals surface area contributed by atoms with E-state index in [1.807, 2.05) is 0 Å². The number of benzene rings is 2. The van der Waals surface area contributed by atoms with Crippen molar-refractivity contribution in [3.8, 4) is 5.75 Å². The summed E-state index contributed by atoms with van der Waals surface area (Å²) in [7, 11) is 0. The number of hydrogen-bond acceptors (Lipinski definition) is 7. The molecule has 0 radical (unpaired) electrons. The van der Waals surface area contributed by atoms with Gasteiger partial charge >= 0.3 is 0 Å². The normalized spacial score (nSPS) is 15.5. The van der Waals surface area contributed by atoms with Crippen LogP contribution in [0, 0.1) is 5.82 Å². The molecule has 0 saturated carbocycles. The molecule has 2 aromatic heterocycles. The lowest BCUT2D eigenvalue weighted by molar-refractivity contribution is -0.111. The number of H-pyrrole nitrogens is 1. The van der Waals surface area contributed by atoms with Crippen LogP contribution in [0.5, 0.6) is 5.75 Å². The van der Waals surface area contributed by atoms with Crippen LogP contribution in [0.25, 0.3) is 17.0 Å². The molecule has 1 unspecified atom stereocenters. The van der Waals surface area contributed by atoms with E-state index >= 15 is 0 Å². The van der Waals surface area contributed by atoms with Gasteiger partial charge in [0.1, 0.15) is 35.6 Å². The highest BCUT2D eigenvalue weighted by Gasteiger charge is 2.21. The van der Waals surface area contributed by atoms with Gasteiger partial charge in [0.2, 0.25) is 5.91 Å². The Balaban J connectivity index is 1.49. The third-order valence-electron chi connectivity index (χ3n) is 5.27. The van der Waals surface area contributed by atoms with Gasteiger partial charge in [0.25, 0.3) is 0 Å². The van der Waals surface area contributed by atoms with Gasteiger partial charge in [0.15, 0.2) is 0 Å². The molecule has 35 heavy (non-hydrogen) atoms. The number of hydrogen-bond donors (Lipinski definition) is 3. The molecule has 1 aliphatic rings. The topological polar surface area (TPSA) is 114 Å². The van der Waals surface area contributed by atoms with Gasteiger partial charge in [-0.15, -0.1) is 0 Å². The Hall–Kier alpha value is -4.02. The minimum Gasteiger partial charge on any atom is -0.486 e. The zero-order chi connectivity index (χ0) is 24.2. The van der Waals surface area contributed by atoms with Crippen LogP contribution in [0.15, 0.2) is 55.1 Å². The molecule has 178 valence electrons. The second kappa shape index (κ2) is 10.1. The summed E-state index contributed by atoms with van der Waals surface area (Å²) in [6.07, 6.45) is 8.21. The van der Waals surface area contributed by atoms with Gasteiger partial charge in [-0.2, -0.15) is 0 Å². The van der Waals surface area contributed by atoms with Crippen LogP contribution in [0.2, 0.25) is 5.02 Å². The molecule has 0 aliphatic carbocycles. The maximum absolute atomic E-state index is 13.6. The Kier molecular flexibility index (Phi) is 6.55. The molecule has 1 saturated heterocycles. The molecule has 0 bridgehead atoms. The Labute approximate surface area is 204 Å². The predicted molar refractivity (Wildman–Crippen MR) is 130 cm³/mol. The Bertz CT molecular complexity index is 1390. The van der Waals surface area contributed by atoms with Crippen molar-refractivity contribution in [2.75, 3.05) is 23.8 Å². The minimum absolute atomic E-state index is 0.0147. The van der Waals surface area contributed by atoms with Gasteiger partial charge in [-0.3, -0.25) is 4.79 Å². The van der Waals surface area contributed by atoms with Crippen molar-refractivity contribution in [1.29, 1.82) is 0 Å². The van der Waals surface area contributed by atoms with E-state index < -0.39 is 5.82 Å². The molecule has 1 fully saturated rings. The summed E-state index contributed by atoms with van der Waals surface area (Å²) >= 11 is 5.91. The van der Waals surface area contributed by atoms with Gasteiger partial charge in [-0.05, 0) is 30.3 Å². The van der Waals surface area contributed by atoms with Gasteiger partial charge in [0.05, 0.1) is 29.4 Å². The van der Waals surface area contributed by atoms with E-state index in [4.69, 9.17) is 21.1 Å². The van der Waals surface area contributed by atoms with Crippen molar-refractivity contribution < 1.29 is 18.7 Å². The summed E-state index contributed by atoms with van der Waals surface area (Å²) in [6, 6.07) is 7.75. The fourth-order valence-corrected chi connectivity index (χ4v) is 3.75. The monoisotopic (exact) mass is 494 g/mol. The fourth-order valence-electron chi connectivity index (χ4n) is 3.57. The number of amides is 1. The average Bonchev–Trinajstić information content (AvgIpc) is 3.55. The van der Waals surface area contributed by atoms with E-state index in [1.165, 1.54) is 24.5 Å². The molecular weight excluding hydrogens is 475 g/mol. The van der Waals surface area contributed by atoms with E-state index in [2.05, 4.69) is 30.6 Å². The molecule has 3 N–H and O–H groups in total. The van der Waals surface area contributed by atoms with Gasteiger partial charge in [0, 0.05) is 42.0 Å². The molecular formula is C24H20ClFN6O3. The number of aromatic nitrogens is 4. The van der Waals surface area contributed by atoms with Crippen LogP contribution in [-0.2, 0) is 9.53 Å². The SMILES string of the molecule is O=C(C=Cc1ncc[nH]1)Nc1cc2c(Nc3ccc(F)c(Cl)c3)ncnc2cc1OC1CCOC1. The van der Waals surface area contributed by atoms with Crippen molar-refractivity contribution in [3.63, 3.8) is 0 Å². The number of carbonyl (C=O) groups excluding carboxylic acids is 1. The highest BCUT2D eigenvalue weighted by molar-refractivity contribution is 6.31. The predicted octanol–water partition coefficient (Wildman–Crippen LogP) is 4.71. The lowest BCUT2D eigenvalue weighted by Crippen LogP contribution is -2.18. The largest absolute Gasteiger partial charge is 0.486 e. The summed E-state index contributed by atoms with van der Waals surface area (Å²) in [6.45, 7) is 1.08. The standard InChI is InChI=1S/C24H20ClFN6O3/c25-17-9-14(1-2-18(17)26)31-24-16-10-20(32-23(33)4-3-22-27-6-7-28-22)21(11-19(16)29-13-30-24)35-15-5-8-34-12-15/h1-4,6-7,9-11,13,15H,5,8,12H2,(H,27,28)(H,32,33)(H,29,30,31). The number of halogens is 2. The number of nitrogens with zero attached hydrogens (tertiary/aromatic N) is 3. The summed E-state index contributed by atoms with van der Waals surface area (Å²) in [5, 5.41) is 6.59. The molecule has 1 amide bonds. The first-order valence-electron chi connectivity index (χ1n) is 10.8. The number of rotatable bonds is 7. The van der Waals surface area contributed by atoms with Crippen LogP contribution < -0.4 is 15.4 Å². The van der Waals surface area contributed by atoms with Gasteiger partial charge in [-0.1, -0.05) is 11.6 Å². The lowest BCUT2D eigenvalue weighted by atomic mass is 10.1. The zero-order valence-corrected chi connectivity index (χ0v) is 19.1. The molecule has 1 aliphatic heterocycles. The summed E-state index contributed by atoms with van der Waals surface area (Å²) in [4.78, 5) is 28.3. The number of ether oxygens (including phenoxy) is 2. The third kappa shape index (κ3) is 5.39. The van der Waals surface area contributed by atoms with Crippen LogP contribution >= 0.6 is 11.6 Å². The number of carbonyl (C=O) groups is 1. The van der Waals surface area contributed by atoms with Crippen LogP contribution in [0.1, 0.15) is 12.2 Å². The second-order valence-corrected chi connectivity index (χ2v) is 8.15. The van der Waals surface area contributed by atoms with Crippen LogP contribution in [-0.4, -0.2) is 45.2 Å². The quantitative estimate of drug-likeness (QED) is 0.319. The first-order valence-corrected chi connectivity index (χ1v) is 11.2. The summed E-state index contributed by atoms with van der Waals surface area (Å²) in [5.74, 6) is 0.577. The number of nitrogens with one attached hydrogen (secondary N) is 3. The van der Waals surface area contributed by atoms with Crippen LogP contribution in [0.3, 0.4) is 0 Å². The van der Waals surface area contributed by atoms with Crippen molar-refractivity contribution in [1.82, 2.24) is 19.9 Å². The van der Waals surface area contributed by atoms with Gasteiger partial charge < -0.3 is 25.1 Å². The Morgan fingerprint density at radius 2 is 2.17 bits per heavy atom. The Morgan fingerprint density at radius 1 is 1.26 bits per heavy atom.